The molecule has 0 saturated heterocycles. The van der Waals surface area contributed by atoms with Crippen LogP contribution in [0.3, 0.4) is 0 Å². The average molecular weight is 160 g/mol. The summed E-state index contributed by atoms with van der Waals surface area (Å²) < 4.78 is 26.9. The lowest BCUT2D eigenvalue weighted by Gasteiger charge is -2.00. The van der Waals surface area contributed by atoms with Gasteiger partial charge in [0, 0.05) is 0 Å². The molecular weight excluding hydrogens is 150 g/mol. The molecule has 0 heterocycles. The summed E-state index contributed by atoms with van der Waals surface area (Å²) in [6.07, 6.45) is 6.41. The zero-order chi connectivity index (χ0) is 8.69. The molecule has 0 aromatic rings. The van der Waals surface area contributed by atoms with Crippen LogP contribution in [0.15, 0.2) is 36.6 Å². The minimum absolute atomic E-state index is 0.0434. The third-order valence-corrected chi connectivity index (χ3v) is 0.826. The third kappa shape index (κ3) is 6.77. The highest BCUT2D eigenvalue weighted by molar-refractivity contribution is 5.13. The maximum atomic E-state index is 11.5. The normalized spacial score (nSPS) is 11.6. The van der Waals surface area contributed by atoms with E-state index in [1.165, 1.54) is 6.08 Å². The van der Waals surface area contributed by atoms with Crippen molar-refractivity contribution in [3.05, 3.63) is 36.6 Å². The van der Waals surface area contributed by atoms with Crippen molar-refractivity contribution in [3.63, 3.8) is 0 Å². The van der Waals surface area contributed by atoms with E-state index in [2.05, 4.69) is 11.3 Å². The van der Waals surface area contributed by atoms with Crippen LogP contribution in [-0.4, -0.2) is 6.61 Å². The minimum Gasteiger partial charge on any atom is -0.435 e. The summed E-state index contributed by atoms with van der Waals surface area (Å²) in [6.45, 7) is 2.27. The van der Waals surface area contributed by atoms with E-state index in [1.807, 2.05) is 6.92 Å². The molecule has 0 N–H and O–H groups in total. The van der Waals surface area contributed by atoms with Crippen molar-refractivity contribution in [1.29, 1.82) is 0 Å². The van der Waals surface area contributed by atoms with E-state index in [4.69, 9.17) is 0 Å². The van der Waals surface area contributed by atoms with E-state index in [0.29, 0.717) is 0 Å². The van der Waals surface area contributed by atoms with Gasteiger partial charge in [-0.3, -0.25) is 0 Å². The number of halogens is 2. The molecule has 0 aliphatic carbocycles. The highest BCUT2D eigenvalue weighted by Gasteiger charge is 2.00. The van der Waals surface area contributed by atoms with Crippen molar-refractivity contribution in [2.45, 2.75) is 13.5 Å². The van der Waals surface area contributed by atoms with Gasteiger partial charge in [0.2, 0.25) is 0 Å². The molecule has 3 heteroatoms. The van der Waals surface area contributed by atoms with Crippen LogP contribution in [-0.2, 0) is 4.74 Å². The van der Waals surface area contributed by atoms with Crippen molar-refractivity contribution in [2.24, 2.45) is 0 Å². The molecule has 0 bridgehead atoms. The Morgan fingerprint density at radius 3 is 2.55 bits per heavy atom. The smallest absolute Gasteiger partial charge is 0.387 e. The predicted octanol–water partition coefficient (Wildman–Crippen LogP) is 2.87. The summed E-state index contributed by atoms with van der Waals surface area (Å²) in [5, 5.41) is 0. The molecule has 0 aromatic carbocycles. The molecule has 0 rings (SSSR count). The summed E-state index contributed by atoms with van der Waals surface area (Å²) in [5.41, 5.74) is 0. The first-order valence-corrected chi connectivity index (χ1v) is 3.10. The molecule has 0 radical (unpaired) electrons. The molecule has 0 aliphatic heterocycles. The summed E-state index contributed by atoms with van der Waals surface area (Å²) in [4.78, 5) is 0. The number of hydrogen-bond donors (Lipinski definition) is 0. The molecule has 0 aliphatic rings. The predicted molar refractivity (Wildman–Crippen MR) is 40.2 cm³/mol. The van der Waals surface area contributed by atoms with Crippen LogP contribution in [0.2, 0.25) is 0 Å². The van der Waals surface area contributed by atoms with Gasteiger partial charge in [0.15, 0.2) is 0 Å². The number of ether oxygens (including phenoxy) is 1. The lowest BCUT2D eigenvalue weighted by Crippen LogP contribution is -1.95. The van der Waals surface area contributed by atoms with E-state index in [0.717, 1.165) is 0 Å². The van der Waals surface area contributed by atoms with Crippen molar-refractivity contribution >= 4 is 0 Å². The average Bonchev–Trinajstić information content (AvgIpc) is 1.86. The van der Waals surface area contributed by atoms with Gasteiger partial charge in [0.05, 0.1) is 0 Å². The third-order valence-electron chi connectivity index (χ3n) is 0.826. The highest BCUT2D eigenvalue weighted by atomic mass is 19.3. The van der Waals surface area contributed by atoms with Gasteiger partial charge in [0.25, 0.3) is 0 Å². The van der Waals surface area contributed by atoms with E-state index in [9.17, 15) is 8.78 Å². The molecule has 0 amide bonds. The lowest BCUT2D eigenvalue weighted by atomic mass is 10.4. The molecule has 62 valence electrons. The lowest BCUT2D eigenvalue weighted by molar-refractivity contribution is -0.0915. The molecule has 0 atom stereocenters. The number of allylic oxidation sites excluding steroid dienone is 4. The standard InChI is InChI=1S/C8H10F2O/c1-3-4-5-6-7(2)11-8(9)10/h3-6,8H,2H2,1H3/b4-3-,6-5-. The van der Waals surface area contributed by atoms with Gasteiger partial charge in [-0.1, -0.05) is 24.8 Å². The molecule has 11 heavy (non-hydrogen) atoms. The molecule has 0 saturated carbocycles. The molecular formula is C8H10F2O. The van der Waals surface area contributed by atoms with E-state index >= 15 is 0 Å². The van der Waals surface area contributed by atoms with Gasteiger partial charge in [-0.2, -0.15) is 8.78 Å². The summed E-state index contributed by atoms with van der Waals surface area (Å²) in [5.74, 6) is -0.0434. The summed E-state index contributed by atoms with van der Waals surface area (Å²) in [6, 6.07) is 0. The molecule has 1 nitrogen and oxygen atoms in total. The van der Waals surface area contributed by atoms with Crippen LogP contribution in [0.4, 0.5) is 8.78 Å². The van der Waals surface area contributed by atoms with Gasteiger partial charge in [-0.05, 0) is 13.0 Å². The number of hydrogen-bond acceptors (Lipinski definition) is 1. The van der Waals surface area contributed by atoms with Crippen LogP contribution in [0.1, 0.15) is 6.92 Å². The van der Waals surface area contributed by atoms with Gasteiger partial charge in [-0.15, -0.1) is 0 Å². The Labute approximate surface area is 64.7 Å². The molecule has 0 spiro atoms. The molecule has 0 unspecified atom stereocenters. The van der Waals surface area contributed by atoms with Crippen molar-refractivity contribution in [1.82, 2.24) is 0 Å². The largest absolute Gasteiger partial charge is 0.435 e. The fourth-order valence-electron chi connectivity index (χ4n) is 0.428. The molecule has 0 aromatic heterocycles. The number of alkyl halides is 2. The first-order chi connectivity index (χ1) is 5.16. The van der Waals surface area contributed by atoms with Crippen LogP contribution in [0, 0.1) is 0 Å². The topological polar surface area (TPSA) is 9.23 Å². The van der Waals surface area contributed by atoms with Crippen LogP contribution in [0.25, 0.3) is 0 Å². The van der Waals surface area contributed by atoms with Gasteiger partial charge in [-0.25, -0.2) is 0 Å². The Balaban J connectivity index is 3.69. The second-order valence-corrected chi connectivity index (χ2v) is 1.73. The number of rotatable bonds is 4. The van der Waals surface area contributed by atoms with Crippen LogP contribution < -0.4 is 0 Å². The zero-order valence-electron chi connectivity index (χ0n) is 6.26. The Bertz CT molecular complexity index is 171. The van der Waals surface area contributed by atoms with E-state index < -0.39 is 6.61 Å². The summed E-state index contributed by atoms with van der Waals surface area (Å²) >= 11 is 0. The Hall–Kier alpha value is -1.12. The monoisotopic (exact) mass is 160 g/mol. The first-order valence-electron chi connectivity index (χ1n) is 3.10. The van der Waals surface area contributed by atoms with Crippen molar-refractivity contribution < 1.29 is 13.5 Å². The van der Waals surface area contributed by atoms with Gasteiger partial charge in [0.1, 0.15) is 5.76 Å². The van der Waals surface area contributed by atoms with Gasteiger partial charge >= 0.3 is 6.61 Å². The fourth-order valence-corrected chi connectivity index (χ4v) is 0.428. The minimum atomic E-state index is -2.79. The molecule has 0 fully saturated rings. The Morgan fingerprint density at radius 2 is 2.09 bits per heavy atom. The highest BCUT2D eigenvalue weighted by Crippen LogP contribution is 2.03. The second kappa shape index (κ2) is 5.65. The van der Waals surface area contributed by atoms with Crippen molar-refractivity contribution in [3.8, 4) is 0 Å². The first kappa shape index (κ1) is 9.88. The summed E-state index contributed by atoms with van der Waals surface area (Å²) in [7, 11) is 0. The van der Waals surface area contributed by atoms with Crippen LogP contribution in [0.5, 0.6) is 0 Å². The van der Waals surface area contributed by atoms with E-state index in [-0.39, 0.29) is 5.76 Å². The Kier molecular flexibility index (Phi) is 5.07. The van der Waals surface area contributed by atoms with Crippen molar-refractivity contribution in [2.75, 3.05) is 0 Å². The second-order valence-electron chi connectivity index (χ2n) is 1.73. The maximum Gasteiger partial charge on any atom is 0.387 e. The fraction of sp³-hybridized carbons (Fsp3) is 0.250. The quantitative estimate of drug-likeness (QED) is 0.454. The van der Waals surface area contributed by atoms with E-state index in [1.54, 1.807) is 18.2 Å². The Morgan fingerprint density at radius 1 is 1.45 bits per heavy atom. The van der Waals surface area contributed by atoms with Gasteiger partial charge < -0.3 is 4.74 Å². The van der Waals surface area contributed by atoms with Crippen LogP contribution >= 0.6 is 0 Å². The SMILES string of the molecule is C=C(/C=C\C=C/C)OC(F)F. The zero-order valence-corrected chi connectivity index (χ0v) is 6.26. The maximum absolute atomic E-state index is 11.5.